The monoisotopic (exact) mass is 160 g/mol. The van der Waals surface area contributed by atoms with Gasteiger partial charge in [-0.1, -0.05) is 18.2 Å². The van der Waals surface area contributed by atoms with Crippen molar-refractivity contribution in [3.8, 4) is 5.75 Å². The van der Waals surface area contributed by atoms with Gasteiger partial charge in [0.25, 0.3) is 0 Å². The second-order valence-electron chi connectivity index (χ2n) is 2.65. The van der Waals surface area contributed by atoms with Gasteiger partial charge in [-0.2, -0.15) is 0 Å². The molecule has 1 aromatic carbocycles. The van der Waals surface area contributed by atoms with Gasteiger partial charge >= 0.3 is 0 Å². The van der Waals surface area contributed by atoms with E-state index in [1.54, 1.807) is 12.3 Å². The fourth-order valence-corrected chi connectivity index (χ4v) is 1.28. The summed E-state index contributed by atoms with van der Waals surface area (Å²) in [6.45, 7) is 0. The van der Waals surface area contributed by atoms with E-state index in [1.165, 1.54) is 0 Å². The molecule has 0 N–H and O–H groups in total. The van der Waals surface area contributed by atoms with Crippen LogP contribution in [0.3, 0.4) is 0 Å². The minimum Gasteiger partial charge on any atom is -0.465 e. The molecule has 2 nitrogen and oxygen atoms in total. The molecular formula is C10H8O2. The van der Waals surface area contributed by atoms with Gasteiger partial charge in [-0.3, -0.25) is 0 Å². The van der Waals surface area contributed by atoms with Crippen LogP contribution in [0, 0.1) is 0 Å². The first-order valence-electron chi connectivity index (χ1n) is 3.79. The van der Waals surface area contributed by atoms with E-state index in [1.807, 2.05) is 24.3 Å². The van der Waals surface area contributed by atoms with Crippen molar-refractivity contribution < 1.29 is 9.53 Å². The van der Waals surface area contributed by atoms with Gasteiger partial charge in [0.1, 0.15) is 12.0 Å². The number of benzene rings is 1. The van der Waals surface area contributed by atoms with E-state index >= 15 is 0 Å². The highest BCUT2D eigenvalue weighted by Gasteiger charge is 2.15. The van der Waals surface area contributed by atoms with Crippen LogP contribution in [0.5, 0.6) is 5.75 Å². The van der Waals surface area contributed by atoms with E-state index in [9.17, 15) is 4.79 Å². The average molecular weight is 160 g/mol. The molecule has 0 fully saturated rings. The van der Waals surface area contributed by atoms with Gasteiger partial charge in [0.2, 0.25) is 0 Å². The van der Waals surface area contributed by atoms with Gasteiger partial charge in [-0.05, 0) is 12.1 Å². The number of rotatable bonds is 1. The Morgan fingerprint density at radius 3 is 3.00 bits per heavy atom. The van der Waals surface area contributed by atoms with Gasteiger partial charge in [0, 0.05) is 5.56 Å². The molecule has 0 bridgehead atoms. The maximum absolute atomic E-state index is 10.6. The zero-order valence-electron chi connectivity index (χ0n) is 6.44. The Morgan fingerprint density at radius 1 is 1.33 bits per heavy atom. The number of ether oxygens (including phenoxy) is 1. The topological polar surface area (TPSA) is 26.3 Å². The third-order valence-electron chi connectivity index (χ3n) is 1.91. The lowest BCUT2D eigenvalue weighted by Gasteiger charge is -2.15. The van der Waals surface area contributed by atoms with E-state index in [2.05, 4.69) is 0 Å². The standard InChI is InChI=1S/C10H8O2/c11-7-8-5-6-12-10-4-2-1-3-9(8)10/h1-8H. The van der Waals surface area contributed by atoms with E-state index in [0.717, 1.165) is 17.6 Å². The largest absolute Gasteiger partial charge is 0.465 e. The Balaban J connectivity index is 2.49. The van der Waals surface area contributed by atoms with Crippen molar-refractivity contribution >= 4 is 6.29 Å². The summed E-state index contributed by atoms with van der Waals surface area (Å²) in [5.41, 5.74) is 0.940. The van der Waals surface area contributed by atoms with Gasteiger partial charge < -0.3 is 9.53 Å². The number of allylic oxidation sites excluding steroid dienone is 1. The van der Waals surface area contributed by atoms with Crippen LogP contribution in [0.25, 0.3) is 0 Å². The van der Waals surface area contributed by atoms with Crippen molar-refractivity contribution in [2.24, 2.45) is 0 Å². The van der Waals surface area contributed by atoms with Gasteiger partial charge in [0.05, 0.1) is 12.2 Å². The lowest BCUT2D eigenvalue weighted by molar-refractivity contribution is -0.108. The van der Waals surface area contributed by atoms with Crippen molar-refractivity contribution in [2.45, 2.75) is 5.92 Å². The fourth-order valence-electron chi connectivity index (χ4n) is 1.28. The molecule has 0 aliphatic carbocycles. The second kappa shape index (κ2) is 2.81. The van der Waals surface area contributed by atoms with Gasteiger partial charge in [-0.15, -0.1) is 0 Å². The smallest absolute Gasteiger partial charge is 0.131 e. The van der Waals surface area contributed by atoms with E-state index < -0.39 is 0 Å². The Kier molecular flexibility index (Phi) is 1.67. The summed E-state index contributed by atoms with van der Waals surface area (Å²) in [5.74, 6) is 0.632. The SMILES string of the molecule is O=CC1C=COc2ccccc21. The highest BCUT2D eigenvalue weighted by Crippen LogP contribution is 2.29. The first-order chi connectivity index (χ1) is 5.92. The Morgan fingerprint density at radius 2 is 2.17 bits per heavy atom. The van der Waals surface area contributed by atoms with Crippen LogP contribution in [0.15, 0.2) is 36.6 Å². The van der Waals surface area contributed by atoms with Crippen molar-refractivity contribution in [1.29, 1.82) is 0 Å². The van der Waals surface area contributed by atoms with E-state index in [0.29, 0.717) is 0 Å². The predicted molar refractivity (Wildman–Crippen MR) is 45.0 cm³/mol. The van der Waals surface area contributed by atoms with Crippen molar-refractivity contribution in [1.82, 2.24) is 0 Å². The van der Waals surface area contributed by atoms with Crippen molar-refractivity contribution in [2.75, 3.05) is 0 Å². The molecule has 0 aromatic heterocycles. The summed E-state index contributed by atoms with van der Waals surface area (Å²) in [6, 6.07) is 7.55. The highest BCUT2D eigenvalue weighted by atomic mass is 16.5. The highest BCUT2D eigenvalue weighted by molar-refractivity contribution is 5.68. The summed E-state index contributed by atoms with van der Waals surface area (Å²) in [4.78, 5) is 10.6. The summed E-state index contributed by atoms with van der Waals surface area (Å²) < 4.78 is 5.22. The molecular weight excluding hydrogens is 152 g/mol. The Bertz CT molecular complexity index is 328. The Hall–Kier alpha value is -1.57. The molecule has 1 aliphatic heterocycles. The molecule has 0 spiro atoms. The minimum atomic E-state index is -0.144. The number of hydrogen-bond donors (Lipinski definition) is 0. The number of aldehydes is 1. The van der Waals surface area contributed by atoms with Gasteiger partial charge in [-0.25, -0.2) is 0 Å². The number of para-hydroxylation sites is 1. The van der Waals surface area contributed by atoms with E-state index in [4.69, 9.17) is 4.74 Å². The normalized spacial score (nSPS) is 19.5. The van der Waals surface area contributed by atoms with E-state index in [-0.39, 0.29) is 5.92 Å². The predicted octanol–water partition coefficient (Wildman–Crippen LogP) is 1.88. The summed E-state index contributed by atoms with van der Waals surface area (Å²) >= 11 is 0. The minimum absolute atomic E-state index is 0.144. The molecule has 0 saturated heterocycles. The molecule has 1 unspecified atom stereocenters. The van der Waals surface area contributed by atoms with Gasteiger partial charge in [0.15, 0.2) is 0 Å². The molecule has 0 radical (unpaired) electrons. The number of hydrogen-bond acceptors (Lipinski definition) is 2. The maximum atomic E-state index is 10.6. The first kappa shape index (κ1) is 7.10. The summed E-state index contributed by atoms with van der Waals surface area (Å²) in [6.07, 6.45) is 4.22. The van der Waals surface area contributed by atoms with Crippen LogP contribution in [0.1, 0.15) is 11.5 Å². The Labute approximate surface area is 70.5 Å². The molecule has 0 amide bonds. The first-order valence-corrected chi connectivity index (χ1v) is 3.79. The van der Waals surface area contributed by atoms with Crippen molar-refractivity contribution in [3.63, 3.8) is 0 Å². The van der Waals surface area contributed by atoms with Crippen LogP contribution in [-0.2, 0) is 4.79 Å². The number of fused-ring (bicyclic) bond motifs is 1. The number of carbonyl (C=O) groups excluding carboxylic acids is 1. The molecule has 2 heteroatoms. The van der Waals surface area contributed by atoms with Crippen molar-refractivity contribution in [3.05, 3.63) is 42.2 Å². The third kappa shape index (κ3) is 1.01. The van der Waals surface area contributed by atoms with Crippen LogP contribution >= 0.6 is 0 Å². The van der Waals surface area contributed by atoms with Crippen LogP contribution in [0.2, 0.25) is 0 Å². The lowest BCUT2D eigenvalue weighted by Crippen LogP contribution is -2.04. The fraction of sp³-hybridized carbons (Fsp3) is 0.100. The van der Waals surface area contributed by atoms with Crippen LogP contribution < -0.4 is 4.74 Å². The third-order valence-corrected chi connectivity index (χ3v) is 1.91. The summed E-state index contributed by atoms with van der Waals surface area (Å²) in [5, 5.41) is 0. The molecule has 1 heterocycles. The molecule has 2 rings (SSSR count). The van der Waals surface area contributed by atoms with Crippen LogP contribution in [-0.4, -0.2) is 6.29 Å². The molecule has 60 valence electrons. The maximum Gasteiger partial charge on any atom is 0.131 e. The molecule has 1 aromatic rings. The molecule has 0 saturated carbocycles. The van der Waals surface area contributed by atoms with Crippen LogP contribution in [0.4, 0.5) is 0 Å². The quantitative estimate of drug-likeness (QED) is 0.586. The number of carbonyl (C=O) groups is 1. The average Bonchev–Trinajstić information content (AvgIpc) is 2.17. The second-order valence-corrected chi connectivity index (χ2v) is 2.65. The molecule has 12 heavy (non-hydrogen) atoms. The zero-order chi connectivity index (χ0) is 8.39. The lowest BCUT2D eigenvalue weighted by atomic mass is 9.98. The molecule has 1 atom stereocenters. The molecule has 1 aliphatic rings. The zero-order valence-corrected chi connectivity index (χ0v) is 6.44. The summed E-state index contributed by atoms with van der Waals surface area (Å²) in [7, 11) is 0.